The lowest BCUT2D eigenvalue weighted by molar-refractivity contribution is -0.151. The quantitative estimate of drug-likeness (QED) is 0.608. The highest BCUT2D eigenvalue weighted by Gasteiger charge is 2.29. The summed E-state index contributed by atoms with van der Waals surface area (Å²) in [5, 5.41) is 2.52. The zero-order chi connectivity index (χ0) is 20.6. The summed E-state index contributed by atoms with van der Waals surface area (Å²) in [5.41, 5.74) is 0.266. The molecule has 1 aliphatic rings. The zero-order valence-corrected chi connectivity index (χ0v) is 16.9. The Bertz CT molecular complexity index is 789. The van der Waals surface area contributed by atoms with Gasteiger partial charge in [-0.3, -0.25) is 4.79 Å². The number of nitrogens with one attached hydrogen (secondary N) is 1. The Hall–Kier alpha value is -2.17. The standard InChI is InChI=1S/C18H26N2O7S/c1-3-26-13-18(22)27-12-17(21)19-14-7-8-15(25-2)16(11-14)28(23,24)20-9-5-4-6-10-20/h7-8,11H,3-6,9-10,12-13H2,1-2H3,(H,19,21). The number of nitrogens with zero attached hydrogens (tertiary/aromatic N) is 1. The van der Waals surface area contributed by atoms with Crippen LogP contribution in [0.2, 0.25) is 0 Å². The highest BCUT2D eigenvalue weighted by Crippen LogP contribution is 2.31. The highest BCUT2D eigenvalue weighted by molar-refractivity contribution is 7.89. The van der Waals surface area contributed by atoms with Crippen LogP contribution in [-0.2, 0) is 29.1 Å². The van der Waals surface area contributed by atoms with E-state index in [1.807, 2.05) is 0 Å². The molecule has 156 valence electrons. The molecule has 1 aliphatic heterocycles. The van der Waals surface area contributed by atoms with Crippen LogP contribution in [0.4, 0.5) is 5.69 Å². The molecule has 1 saturated heterocycles. The van der Waals surface area contributed by atoms with Crippen LogP contribution < -0.4 is 10.1 Å². The molecule has 0 aromatic heterocycles. The van der Waals surface area contributed by atoms with E-state index in [4.69, 9.17) is 14.2 Å². The van der Waals surface area contributed by atoms with Crippen LogP contribution in [0.5, 0.6) is 5.75 Å². The van der Waals surface area contributed by atoms with Gasteiger partial charge in [-0.15, -0.1) is 0 Å². The molecule has 0 spiro atoms. The third-order valence-corrected chi connectivity index (χ3v) is 6.09. The summed E-state index contributed by atoms with van der Waals surface area (Å²) >= 11 is 0. The van der Waals surface area contributed by atoms with Gasteiger partial charge in [-0.2, -0.15) is 4.31 Å². The van der Waals surface area contributed by atoms with Gasteiger partial charge in [-0.1, -0.05) is 6.42 Å². The van der Waals surface area contributed by atoms with E-state index in [2.05, 4.69) is 5.32 Å². The van der Waals surface area contributed by atoms with Crippen LogP contribution in [0.1, 0.15) is 26.2 Å². The Morgan fingerprint density at radius 3 is 2.50 bits per heavy atom. The summed E-state index contributed by atoms with van der Waals surface area (Å²) < 4.78 is 42.2. The maximum Gasteiger partial charge on any atom is 0.332 e. The topological polar surface area (TPSA) is 111 Å². The van der Waals surface area contributed by atoms with Gasteiger partial charge in [-0.25, -0.2) is 13.2 Å². The smallest absolute Gasteiger partial charge is 0.332 e. The lowest BCUT2D eigenvalue weighted by atomic mass is 10.2. The second kappa shape index (κ2) is 10.4. The van der Waals surface area contributed by atoms with Crippen LogP contribution in [-0.4, -0.2) is 64.6 Å². The van der Waals surface area contributed by atoms with E-state index in [-0.39, 0.29) is 22.9 Å². The fraction of sp³-hybridized carbons (Fsp3) is 0.556. The summed E-state index contributed by atoms with van der Waals surface area (Å²) in [6.45, 7) is 2.28. The van der Waals surface area contributed by atoms with Gasteiger partial charge in [0.2, 0.25) is 10.0 Å². The van der Waals surface area contributed by atoms with E-state index in [1.165, 1.54) is 29.6 Å². The van der Waals surface area contributed by atoms with E-state index in [9.17, 15) is 18.0 Å². The van der Waals surface area contributed by atoms with Crippen LogP contribution in [0.15, 0.2) is 23.1 Å². The normalized spacial score (nSPS) is 15.1. The minimum atomic E-state index is -3.74. The summed E-state index contributed by atoms with van der Waals surface area (Å²) in [6, 6.07) is 4.35. The Kier molecular flexibility index (Phi) is 8.21. The number of methoxy groups -OCH3 is 1. The minimum Gasteiger partial charge on any atom is -0.495 e. The van der Waals surface area contributed by atoms with Crippen molar-refractivity contribution in [2.75, 3.05) is 45.3 Å². The van der Waals surface area contributed by atoms with Gasteiger partial charge in [0.15, 0.2) is 6.61 Å². The van der Waals surface area contributed by atoms with E-state index >= 15 is 0 Å². The molecule has 1 aromatic carbocycles. The number of rotatable bonds is 9. The van der Waals surface area contributed by atoms with E-state index in [0.717, 1.165) is 19.3 Å². The Labute approximate surface area is 165 Å². The lowest BCUT2D eigenvalue weighted by Crippen LogP contribution is -2.35. The number of piperidine rings is 1. The van der Waals surface area contributed by atoms with E-state index in [0.29, 0.717) is 19.7 Å². The summed E-state index contributed by atoms with van der Waals surface area (Å²) in [6.07, 6.45) is 2.62. The van der Waals surface area contributed by atoms with Gasteiger partial charge in [0.25, 0.3) is 5.91 Å². The molecule has 0 bridgehead atoms. The van der Waals surface area contributed by atoms with Crippen LogP contribution in [0.3, 0.4) is 0 Å². The number of carbonyl (C=O) groups is 2. The summed E-state index contributed by atoms with van der Waals surface area (Å²) in [4.78, 5) is 23.4. The molecular formula is C18H26N2O7S. The van der Waals surface area contributed by atoms with Crippen molar-refractivity contribution < 1.29 is 32.2 Å². The Morgan fingerprint density at radius 2 is 1.86 bits per heavy atom. The predicted octanol–water partition coefficient (Wildman–Crippen LogP) is 1.39. The number of benzene rings is 1. The molecule has 0 unspecified atom stereocenters. The van der Waals surface area contributed by atoms with Crippen LogP contribution in [0, 0.1) is 0 Å². The van der Waals surface area contributed by atoms with E-state index in [1.54, 1.807) is 6.92 Å². The van der Waals surface area contributed by atoms with Gasteiger partial charge in [0.1, 0.15) is 17.3 Å². The molecule has 1 heterocycles. The molecule has 0 aliphatic carbocycles. The zero-order valence-electron chi connectivity index (χ0n) is 16.1. The monoisotopic (exact) mass is 414 g/mol. The van der Waals surface area contributed by atoms with Gasteiger partial charge < -0.3 is 19.5 Å². The van der Waals surface area contributed by atoms with Crippen molar-refractivity contribution in [2.24, 2.45) is 0 Å². The van der Waals surface area contributed by atoms with E-state index < -0.39 is 28.5 Å². The Morgan fingerprint density at radius 1 is 1.14 bits per heavy atom. The van der Waals surface area contributed by atoms with Crippen LogP contribution in [0.25, 0.3) is 0 Å². The average Bonchev–Trinajstić information content (AvgIpc) is 2.71. The first-order chi connectivity index (χ1) is 13.4. The van der Waals surface area contributed by atoms with Crippen molar-refractivity contribution >= 4 is 27.6 Å². The first-order valence-electron chi connectivity index (χ1n) is 9.10. The van der Waals surface area contributed by atoms with Gasteiger partial charge >= 0.3 is 5.97 Å². The first-order valence-corrected chi connectivity index (χ1v) is 10.5. The number of ether oxygens (including phenoxy) is 3. The fourth-order valence-corrected chi connectivity index (χ4v) is 4.47. The maximum atomic E-state index is 13.0. The third-order valence-electron chi connectivity index (χ3n) is 4.17. The number of hydrogen-bond donors (Lipinski definition) is 1. The van der Waals surface area contributed by atoms with Crippen molar-refractivity contribution in [1.29, 1.82) is 0 Å². The van der Waals surface area contributed by atoms with Crippen molar-refractivity contribution in [3.8, 4) is 5.75 Å². The second-order valence-electron chi connectivity index (χ2n) is 6.18. The lowest BCUT2D eigenvalue weighted by Gasteiger charge is -2.26. The Balaban J connectivity index is 2.09. The summed E-state index contributed by atoms with van der Waals surface area (Å²) in [7, 11) is -2.35. The molecule has 1 fully saturated rings. The molecular weight excluding hydrogens is 388 g/mol. The van der Waals surface area contributed by atoms with Crippen molar-refractivity contribution in [3.05, 3.63) is 18.2 Å². The number of sulfonamides is 1. The summed E-state index contributed by atoms with van der Waals surface area (Å²) in [5.74, 6) is -1.04. The molecule has 10 heteroatoms. The molecule has 1 aromatic rings. The molecule has 2 rings (SSSR count). The molecule has 1 amide bonds. The second-order valence-corrected chi connectivity index (χ2v) is 8.08. The highest BCUT2D eigenvalue weighted by atomic mass is 32.2. The molecule has 9 nitrogen and oxygen atoms in total. The molecule has 28 heavy (non-hydrogen) atoms. The number of esters is 1. The minimum absolute atomic E-state index is 0.0111. The van der Waals surface area contributed by atoms with Crippen molar-refractivity contribution in [3.63, 3.8) is 0 Å². The molecule has 0 radical (unpaired) electrons. The fourth-order valence-electron chi connectivity index (χ4n) is 2.77. The largest absolute Gasteiger partial charge is 0.495 e. The average molecular weight is 414 g/mol. The predicted molar refractivity (Wildman–Crippen MR) is 102 cm³/mol. The maximum absolute atomic E-state index is 13.0. The van der Waals surface area contributed by atoms with Crippen molar-refractivity contribution in [1.82, 2.24) is 4.31 Å². The van der Waals surface area contributed by atoms with Gasteiger partial charge in [0.05, 0.1) is 7.11 Å². The number of anilines is 1. The van der Waals surface area contributed by atoms with Crippen LogP contribution >= 0.6 is 0 Å². The first kappa shape index (κ1) is 22.1. The number of carbonyl (C=O) groups excluding carboxylic acids is 2. The molecule has 0 atom stereocenters. The third kappa shape index (κ3) is 5.91. The molecule has 1 N–H and O–H groups in total. The SMILES string of the molecule is CCOCC(=O)OCC(=O)Nc1ccc(OC)c(S(=O)(=O)N2CCCCC2)c1. The number of hydrogen-bond acceptors (Lipinski definition) is 7. The van der Waals surface area contributed by atoms with Gasteiger partial charge in [0, 0.05) is 25.4 Å². The van der Waals surface area contributed by atoms with Gasteiger partial charge in [-0.05, 0) is 38.0 Å². The molecule has 0 saturated carbocycles. The van der Waals surface area contributed by atoms with Crippen molar-refractivity contribution in [2.45, 2.75) is 31.1 Å². The number of amides is 1.